The molecule has 0 bridgehead atoms. The molecule has 0 aliphatic heterocycles. The maximum Gasteiger partial charge on any atom is 0.120 e. The molecule has 0 amide bonds. The van der Waals surface area contributed by atoms with E-state index in [0.29, 0.717) is 0 Å². The number of hydrogen-bond acceptors (Lipinski definition) is 1. The molecule has 0 saturated heterocycles. The lowest BCUT2D eigenvalue weighted by Gasteiger charge is -2.12. The molecule has 1 heterocycles. The molecule has 2 aromatic rings. The van der Waals surface area contributed by atoms with Crippen molar-refractivity contribution in [3.05, 3.63) is 30.5 Å². The number of aromatic nitrogens is 1. The van der Waals surface area contributed by atoms with E-state index in [-0.39, 0.29) is 0 Å². The Kier molecular flexibility index (Phi) is 4.29. The SMILES string of the molecule is CCCC(C)Cn1ccc2cc(OCC)ccc21. The van der Waals surface area contributed by atoms with Gasteiger partial charge in [0.25, 0.3) is 0 Å². The molecule has 18 heavy (non-hydrogen) atoms. The summed E-state index contributed by atoms with van der Waals surface area (Å²) in [5.41, 5.74) is 1.31. The molecule has 0 aliphatic carbocycles. The lowest BCUT2D eigenvalue weighted by molar-refractivity contribution is 0.340. The molecule has 98 valence electrons. The topological polar surface area (TPSA) is 14.2 Å². The van der Waals surface area contributed by atoms with Crippen molar-refractivity contribution in [1.82, 2.24) is 4.57 Å². The molecular formula is C16H23NO. The Morgan fingerprint density at radius 2 is 2.06 bits per heavy atom. The molecule has 0 N–H and O–H groups in total. The van der Waals surface area contributed by atoms with Crippen molar-refractivity contribution in [3.8, 4) is 5.75 Å². The monoisotopic (exact) mass is 245 g/mol. The quantitative estimate of drug-likeness (QED) is 0.732. The van der Waals surface area contributed by atoms with Crippen LogP contribution in [-0.4, -0.2) is 11.2 Å². The highest BCUT2D eigenvalue weighted by Crippen LogP contribution is 2.23. The first-order valence-electron chi connectivity index (χ1n) is 6.96. The fourth-order valence-electron chi connectivity index (χ4n) is 2.51. The Bertz CT molecular complexity index is 501. The van der Waals surface area contributed by atoms with Crippen LogP contribution in [0.2, 0.25) is 0 Å². The van der Waals surface area contributed by atoms with Gasteiger partial charge in [-0.25, -0.2) is 0 Å². The van der Waals surface area contributed by atoms with E-state index in [1.54, 1.807) is 0 Å². The molecule has 0 aliphatic rings. The average molecular weight is 245 g/mol. The zero-order chi connectivity index (χ0) is 13.0. The summed E-state index contributed by atoms with van der Waals surface area (Å²) in [4.78, 5) is 0. The number of benzene rings is 1. The maximum atomic E-state index is 5.53. The molecule has 1 atom stereocenters. The third kappa shape index (κ3) is 2.87. The van der Waals surface area contributed by atoms with Crippen LogP contribution in [0.4, 0.5) is 0 Å². The number of ether oxygens (including phenoxy) is 1. The van der Waals surface area contributed by atoms with Crippen LogP contribution in [0, 0.1) is 5.92 Å². The number of nitrogens with zero attached hydrogens (tertiary/aromatic N) is 1. The van der Waals surface area contributed by atoms with Crippen molar-refractivity contribution in [2.75, 3.05) is 6.61 Å². The second-order valence-corrected chi connectivity index (χ2v) is 5.02. The summed E-state index contributed by atoms with van der Waals surface area (Å²) in [7, 11) is 0. The molecule has 2 rings (SSSR count). The van der Waals surface area contributed by atoms with E-state index in [1.807, 2.05) is 6.92 Å². The predicted octanol–water partition coefficient (Wildman–Crippen LogP) is 4.48. The Morgan fingerprint density at radius 3 is 2.78 bits per heavy atom. The normalized spacial score (nSPS) is 12.8. The summed E-state index contributed by atoms with van der Waals surface area (Å²) in [6.45, 7) is 8.41. The third-order valence-electron chi connectivity index (χ3n) is 3.34. The van der Waals surface area contributed by atoms with Crippen molar-refractivity contribution in [3.63, 3.8) is 0 Å². The van der Waals surface area contributed by atoms with Crippen LogP contribution in [0.1, 0.15) is 33.6 Å². The minimum Gasteiger partial charge on any atom is -0.494 e. The summed E-state index contributed by atoms with van der Waals surface area (Å²) in [6.07, 6.45) is 4.73. The number of hydrogen-bond donors (Lipinski definition) is 0. The molecule has 1 unspecified atom stereocenters. The van der Waals surface area contributed by atoms with Crippen LogP contribution < -0.4 is 4.74 Å². The molecule has 0 radical (unpaired) electrons. The van der Waals surface area contributed by atoms with Gasteiger partial charge in [0.1, 0.15) is 5.75 Å². The predicted molar refractivity (Wildman–Crippen MR) is 77.2 cm³/mol. The second kappa shape index (κ2) is 5.94. The van der Waals surface area contributed by atoms with E-state index in [0.717, 1.165) is 24.8 Å². The van der Waals surface area contributed by atoms with Gasteiger partial charge in [-0.3, -0.25) is 0 Å². The van der Waals surface area contributed by atoms with Gasteiger partial charge in [0.05, 0.1) is 6.61 Å². The van der Waals surface area contributed by atoms with Gasteiger partial charge in [0, 0.05) is 23.6 Å². The maximum absolute atomic E-state index is 5.53. The highest BCUT2D eigenvalue weighted by Gasteiger charge is 2.06. The van der Waals surface area contributed by atoms with E-state index < -0.39 is 0 Å². The van der Waals surface area contributed by atoms with Crippen molar-refractivity contribution < 1.29 is 4.74 Å². The Hall–Kier alpha value is -1.44. The standard InChI is InChI=1S/C16H23NO/c1-4-6-13(3)12-17-10-9-14-11-15(18-5-2)7-8-16(14)17/h7-11,13H,4-6,12H2,1-3H3. The summed E-state index contributed by atoms with van der Waals surface area (Å²) in [5, 5.41) is 1.27. The van der Waals surface area contributed by atoms with E-state index in [1.165, 1.54) is 23.7 Å². The van der Waals surface area contributed by atoms with Gasteiger partial charge in [-0.1, -0.05) is 20.3 Å². The molecule has 1 aromatic carbocycles. The Morgan fingerprint density at radius 1 is 1.22 bits per heavy atom. The van der Waals surface area contributed by atoms with Crippen molar-refractivity contribution in [2.45, 2.75) is 40.2 Å². The smallest absolute Gasteiger partial charge is 0.120 e. The second-order valence-electron chi connectivity index (χ2n) is 5.02. The van der Waals surface area contributed by atoms with E-state index in [2.05, 4.69) is 48.9 Å². The van der Waals surface area contributed by atoms with Crippen LogP contribution in [0.3, 0.4) is 0 Å². The van der Waals surface area contributed by atoms with Crippen LogP contribution in [0.15, 0.2) is 30.5 Å². The van der Waals surface area contributed by atoms with Gasteiger partial charge < -0.3 is 9.30 Å². The minimum absolute atomic E-state index is 0.722. The molecule has 0 fully saturated rings. The number of rotatable bonds is 6. The van der Waals surface area contributed by atoms with Gasteiger partial charge in [-0.05, 0) is 43.5 Å². The lowest BCUT2D eigenvalue weighted by atomic mass is 10.1. The van der Waals surface area contributed by atoms with Crippen LogP contribution >= 0.6 is 0 Å². The molecule has 2 heteroatoms. The van der Waals surface area contributed by atoms with Gasteiger partial charge in [-0.2, -0.15) is 0 Å². The first-order chi connectivity index (χ1) is 8.74. The van der Waals surface area contributed by atoms with E-state index in [4.69, 9.17) is 4.74 Å². The third-order valence-corrected chi connectivity index (χ3v) is 3.34. The van der Waals surface area contributed by atoms with Crippen LogP contribution in [-0.2, 0) is 6.54 Å². The summed E-state index contributed by atoms with van der Waals surface area (Å²) in [6, 6.07) is 8.53. The molecule has 1 aromatic heterocycles. The Balaban J connectivity index is 2.20. The van der Waals surface area contributed by atoms with E-state index >= 15 is 0 Å². The zero-order valence-corrected chi connectivity index (χ0v) is 11.6. The van der Waals surface area contributed by atoms with Gasteiger partial charge in [0.2, 0.25) is 0 Å². The first kappa shape index (κ1) is 13.0. The van der Waals surface area contributed by atoms with Crippen molar-refractivity contribution in [2.24, 2.45) is 5.92 Å². The van der Waals surface area contributed by atoms with Crippen LogP contribution in [0.25, 0.3) is 10.9 Å². The fourth-order valence-corrected chi connectivity index (χ4v) is 2.51. The van der Waals surface area contributed by atoms with Gasteiger partial charge >= 0.3 is 0 Å². The summed E-state index contributed by atoms with van der Waals surface area (Å²) < 4.78 is 7.89. The molecule has 0 saturated carbocycles. The zero-order valence-electron chi connectivity index (χ0n) is 11.6. The largest absolute Gasteiger partial charge is 0.494 e. The number of fused-ring (bicyclic) bond motifs is 1. The van der Waals surface area contributed by atoms with Crippen molar-refractivity contribution >= 4 is 10.9 Å². The van der Waals surface area contributed by atoms with Crippen LogP contribution in [0.5, 0.6) is 5.75 Å². The summed E-state index contributed by atoms with van der Waals surface area (Å²) in [5.74, 6) is 1.70. The summed E-state index contributed by atoms with van der Waals surface area (Å²) >= 11 is 0. The molecular weight excluding hydrogens is 222 g/mol. The Labute approximate surface area is 110 Å². The first-order valence-corrected chi connectivity index (χ1v) is 6.96. The average Bonchev–Trinajstić information content (AvgIpc) is 2.73. The minimum atomic E-state index is 0.722. The lowest BCUT2D eigenvalue weighted by Crippen LogP contribution is -2.06. The molecule has 0 spiro atoms. The highest BCUT2D eigenvalue weighted by molar-refractivity contribution is 5.81. The van der Waals surface area contributed by atoms with Gasteiger partial charge in [-0.15, -0.1) is 0 Å². The van der Waals surface area contributed by atoms with E-state index in [9.17, 15) is 0 Å². The van der Waals surface area contributed by atoms with Gasteiger partial charge in [0.15, 0.2) is 0 Å². The van der Waals surface area contributed by atoms with Crippen molar-refractivity contribution in [1.29, 1.82) is 0 Å². The fraction of sp³-hybridized carbons (Fsp3) is 0.500. The molecule has 2 nitrogen and oxygen atoms in total. The highest BCUT2D eigenvalue weighted by atomic mass is 16.5.